The lowest BCUT2D eigenvalue weighted by Gasteiger charge is -2.27. The second-order valence-electron chi connectivity index (χ2n) is 4.79. The molecule has 106 valence electrons. The minimum Gasteiger partial charge on any atom is -0.466 e. The van der Waals surface area contributed by atoms with Gasteiger partial charge in [0.15, 0.2) is 0 Å². The van der Waals surface area contributed by atoms with Gasteiger partial charge >= 0.3 is 5.97 Å². The molecule has 2 unspecified atom stereocenters. The third-order valence-corrected chi connectivity index (χ3v) is 3.27. The van der Waals surface area contributed by atoms with Crippen LogP contribution in [0.25, 0.3) is 0 Å². The Hall–Kier alpha value is -1.42. The van der Waals surface area contributed by atoms with Crippen LogP contribution < -0.4 is 0 Å². The maximum absolute atomic E-state index is 13.7. The van der Waals surface area contributed by atoms with Crippen molar-refractivity contribution in [2.24, 2.45) is 5.92 Å². The standard InChI is InChI=1S/C15H22FNO2/c1-5-19-15(18)11(2)10-17(4)12(3)13-8-6-7-9-14(13)16/h6-9,11-12H,5,10H2,1-4H3. The van der Waals surface area contributed by atoms with Crippen molar-refractivity contribution >= 4 is 5.97 Å². The van der Waals surface area contributed by atoms with Gasteiger partial charge < -0.3 is 4.74 Å². The van der Waals surface area contributed by atoms with E-state index in [1.54, 1.807) is 19.1 Å². The van der Waals surface area contributed by atoms with Crippen LogP contribution in [0.2, 0.25) is 0 Å². The average molecular weight is 267 g/mol. The summed E-state index contributed by atoms with van der Waals surface area (Å²) in [6, 6.07) is 6.63. The summed E-state index contributed by atoms with van der Waals surface area (Å²) in [5.41, 5.74) is 0.640. The molecule has 4 heteroatoms. The highest BCUT2D eigenvalue weighted by atomic mass is 19.1. The molecule has 0 heterocycles. The van der Waals surface area contributed by atoms with Gasteiger partial charge in [-0.25, -0.2) is 4.39 Å². The van der Waals surface area contributed by atoms with Crippen molar-refractivity contribution in [3.8, 4) is 0 Å². The van der Waals surface area contributed by atoms with Crippen molar-refractivity contribution in [3.63, 3.8) is 0 Å². The molecule has 0 N–H and O–H groups in total. The zero-order chi connectivity index (χ0) is 14.4. The smallest absolute Gasteiger partial charge is 0.309 e. The summed E-state index contributed by atoms with van der Waals surface area (Å²) >= 11 is 0. The molecule has 3 nitrogen and oxygen atoms in total. The van der Waals surface area contributed by atoms with Gasteiger partial charge in [0.1, 0.15) is 5.82 Å². The maximum Gasteiger partial charge on any atom is 0.309 e. The highest BCUT2D eigenvalue weighted by Crippen LogP contribution is 2.22. The Labute approximate surface area is 114 Å². The van der Waals surface area contributed by atoms with Crippen LogP contribution in [-0.4, -0.2) is 31.1 Å². The Morgan fingerprint density at radius 1 is 1.37 bits per heavy atom. The maximum atomic E-state index is 13.7. The number of esters is 1. The van der Waals surface area contributed by atoms with E-state index in [0.717, 1.165) is 0 Å². The van der Waals surface area contributed by atoms with E-state index >= 15 is 0 Å². The number of ether oxygens (including phenoxy) is 1. The number of hydrogen-bond acceptors (Lipinski definition) is 3. The third kappa shape index (κ3) is 4.31. The molecule has 0 amide bonds. The lowest BCUT2D eigenvalue weighted by Crippen LogP contribution is -2.32. The fourth-order valence-electron chi connectivity index (χ4n) is 2.00. The van der Waals surface area contributed by atoms with Gasteiger partial charge in [-0.2, -0.15) is 0 Å². The molecule has 0 aliphatic rings. The topological polar surface area (TPSA) is 29.5 Å². The SMILES string of the molecule is CCOC(=O)C(C)CN(C)C(C)c1ccccc1F. The number of carbonyl (C=O) groups excluding carboxylic acids is 1. The van der Waals surface area contributed by atoms with Crippen LogP contribution in [0.1, 0.15) is 32.4 Å². The second kappa shape index (κ2) is 7.24. The third-order valence-electron chi connectivity index (χ3n) is 3.27. The molecule has 19 heavy (non-hydrogen) atoms. The normalized spacial score (nSPS) is 14.2. The molecule has 0 radical (unpaired) electrons. The molecule has 0 bridgehead atoms. The molecule has 0 spiro atoms. The van der Waals surface area contributed by atoms with Crippen molar-refractivity contribution in [2.75, 3.05) is 20.2 Å². The minimum absolute atomic E-state index is 0.0851. The summed E-state index contributed by atoms with van der Waals surface area (Å²) in [6.45, 7) is 6.46. The highest BCUT2D eigenvalue weighted by Gasteiger charge is 2.21. The molecule has 0 fully saturated rings. The molecule has 0 aliphatic carbocycles. The number of rotatable bonds is 6. The van der Waals surface area contributed by atoms with E-state index in [2.05, 4.69) is 0 Å². The summed E-state index contributed by atoms with van der Waals surface area (Å²) in [5.74, 6) is -0.653. The van der Waals surface area contributed by atoms with Crippen molar-refractivity contribution < 1.29 is 13.9 Å². The largest absolute Gasteiger partial charge is 0.466 e. The van der Waals surface area contributed by atoms with Crippen molar-refractivity contribution in [1.29, 1.82) is 0 Å². The van der Waals surface area contributed by atoms with Gasteiger partial charge in [-0.15, -0.1) is 0 Å². The van der Waals surface area contributed by atoms with Crippen LogP contribution in [-0.2, 0) is 9.53 Å². The van der Waals surface area contributed by atoms with Gasteiger partial charge in [-0.1, -0.05) is 25.1 Å². The minimum atomic E-state index is -0.223. The van der Waals surface area contributed by atoms with E-state index in [9.17, 15) is 9.18 Å². The number of halogens is 1. The number of hydrogen-bond donors (Lipinski definition) is 0. The van der Waals surface area contributed by atoms with Gasteiger partial charge in [0.05, 0.1) is 12.5 Å². The van der Waals surface area contributed by atoms with Gasteiger partial charge in [-0.05, 0) is 27.0 Å². The van der Waals surface area contributed by atoms with E-state index < -0.39 is 0 Å². The average Bonchev–Trinajstić information content (AvgIpc) is 2.38. The fraction of sp³-hybridized carbons (Fsp3) is 0.533. The first kappa shape index (κ1) is 15.6. The zero-order valence-corrected chi connectivity index (χ0v) is 12.0. The predicted octanol–water partition coefficient (Wildman–Crippen LogP) is 3.02. The number of nitrogens with zero attached hydrogens (tertiary/aromatic N) is 1. The summed E-state index contributed by atoms with van der Waals surface area (Å²) in [7, 11) is 1.88. The molecule has 1 rings (SSSR count). The molecular weight excluding hydrogens is 245 g/mol. The lowest BCUT2D eigenvalue weighted by molar-refractivity contribution is -0.148. The first-order valence-electron chi connectivity index (χ1n) is 6.58. The van der Waals surface area contributed by atoms with E-state index in [1.807, 2.05) is 31.9 Å². The molecule has 2 atom stereocenters. The van der Waals surface area contributed by atoms with Gasteiger partial charge in [-0.3, -0.25) is 9.69 Å². The molecule has 0 saturated carbocycles. The Balaban J connectivity index is 2.65. The van der Waals surface area contributed by atoms with Gasteiger partial charge in [0.25, 0.3) is 0 Å². The van der Waals surface area contributed by atoms with Crippen LogP contribution in [0.15, 0.2) is 24.3 Å². The molecule has 0 aliphatic heterocycles. The van der Waals surface area contributed by atoms with Crippen molar-refractivity contribution in [1.82, 2.24) is 4.90 Å². The van der Waals surface area contributed by atoms with Crippen LogP contribution in [0.3, 0.4) is 0 Å². The monoisotopic (exact) mass is 267 g/mol. The number of benzene rings is 1. The van der Waals surface area contributed by atoms with Crippen LogP contribution >= 0.6 is 0 Å². The predicted molar refractivity (Wildman–Crippen MR) is 73.2 cm³/mol. The number of carbonyl (C=O) groups is 1. The summed E-state index contributed by atoms with van der Waals surface area (Å²) in [5, 5.41) is 0. The van der Waals surface area contributed by atoms with E-state index in [-0.39, 0.29) is 23.7 Å². The van der Waals surface area contributed by atoms with Gasteiger partial charge in [0.2, 0.25) is 0 Å². The molecule has 1 aromatic carbocycles. The first-order chi connectivity index (χ1) is 8.97. The lowest BCUT2D eigenvalue weighted by atomic mass is 10.0. The Morgan fingerprint density at radius 3 is 2.58 bits per heavy atom. The Morgan fingerprint density at radius 2 is 2.00 bits per heavy atom. The molecular formula is C15H22FNO2. The van der Waals surface area contributed by atoms with Crippen molar-refractivity contribution in [3.05, 3.63) is 35.6 Å². The highest BCUT2D eigenvalue weighted by molar-refractivity contribution is 5.72. The first-order valence-corrected chi connectivity index (χ1v) is 6.58. The Bertz CT molecular complexity index is 422. The summed E-state index contributed by atoms with van der Waals surface area (Å²) in [4.78, 5) is 13.5. The quantitative estimate of drug-likeness (QED) is 0.742. The van der Waals surface area contributed by atoms with Crippen molar-refractivity contribution in [2.45, 2.75) is 26.8 Å². The van der Waals surface area contributed by atoms with Crippen LogP contribution in [0.4, 0.5) is 4.39 Å². The summed E-state index contributed by atoms with van der Waals surface area (Å²) < 4.78 is 18.7. The van der Waals surface area contributed by atoms with Gasteiger partial charge in [0, 0.05) is 18.2 Å². The summed E-state index contributed by atoms with van der Waals surface area (Å²) in [6.07, 6.45) is 0. The van der Waals surface area contributed by atoms with E-state index in [4.69, 9.17) is 4.74 Å². The second-order valence-corrected chi connectivity index (χ2v) is 4.79. The zero-order valence-electron chi connectivity index (χ0n) is 12.0. The Kier molecular flexibility index (Phi) is 5.96. The van der Waals surface area contributed by atoms with Crippen LogP contribution in [0, 0.1) is 11.7 Å². The van der Waals surface area contributed by atoms with E-state index in [0.29, 0.717) is 18.7 Å². The molecule has 0 aromatic heterocycles. The van der Waals surface area contributed by atoms with E-state index in [1.165, 1.54) is 6.07 Å². The van der Waals surface area contributed by atoms with Crippen LogP contribution in [0.5, 0.6) is 0 Å². The molecule has 0 saturated heterocycles. The molecule has 1 aromatic rings. The fourth-order valence-corrected chi connectivity index (χ4v) is 2.00.